The zero-order valence-corrected chi connectivity index (χ0v) is 12.3. The smallest absolute Gasteiger partial charge is 0.271 e. The van der Waals surface area contributed by atoms with Crippen molar-refractivity contribution in [2.24, 2.45) is 4.99 Å². The highest BCUT2D eigenvalue weighted by Gasteiger charge is 2.36. The molecule has 1 amide bonds. The third kappa shape index (κ3) is 2.86. The minimum absolute atomic E-state index is 0.254. The van der Waals surface area contributed by atoms with Crippen molar-refractivity contribution in [2.45, 2.75) is 5.38 Å². The molecule has 0 radical (unpaired) electrons. The first-order valence-electron chi connectivity index (χ1n) is 6.29. The summed E-state index contributed by atoms with van der Waals surface area (Å²) < 4.78 is 0. The summed E-state index contributed by atoms with van der Waals surface area (Å²) in [6.45, 7) is 0. The summed E-state index contributed by atoms with van der Waals surface area (Å²) in [6, 6.07) is 16.2. The molecule has 1 aliphatic heterocycles. The van der Waals surface area contributed by atoms with E-state index in [-0.39, 0.29) is 5.91 Å². The SMILES string of the molecule is O=C1C(Cl)C(=Nc2ccc(Cl)cc2)NN1c1ccccc1. The Bertz CT molecular complexity index is 686. The third-order valence-corrected chi connectivity index (χ3v) is 3.64. The molecule has 0 aliphatic carbocycles. The number of hydrogen-bond acceptors (Lipinski definition) is 2. The van der Waals surface area contributed by atoms with E-state index in [1.54, 1.807) is 24.3 Å². The number of carbonyl (C=O) groups excluding carboxylic acids is 1. The normalized spacial score (nSPS) is 19.9. The minimum atomic E-state index is -0.833. The Morgan fingerprint density at radius 2 is 1.71 bits per heavy atom. The third-order valence-electron chi connectivity index (χ3n) is 2.99. The van der Waals surface area contributed by atoms with E-state index in [9.17, 15) is 4.79 Å². The number of alkyl halides is 1. The van der Waals surface area contributed by atoms with Gasteiger partial charge in [0.1, 0.15) is 5.84 Å². The molecule has 3 rings (SSSR count). The Morgan fingerprint density at radius 1 is 1.05 bits per heavy atom. The average molecular weight is 320 g/mol. The molecule has 2 aromatic carbocycles. The fourth-order valence-electron chi connectivity index (χ4n) is 1.96. The summed E-state index contributed by atoms with van der Waals surface area (Å²) in [7, 11) is 0. The molecular weight excluding hydrogens is 309 g/mol. The molecule has 1 N–H and O–H groups in total. The van der Waals surface area contributed by atoms with Crippen LogP contribution in [-0.2, 0) is 4.79 Å². The zero-order chi connectivity index (χ0) is 14.8. The fraction of sp³-hybridized carbons (Fsp3) is 0.0667. The molecule has 1 heterocycles. The Balaban J connectivity index is 1.88. The van der Waals surface area contributed by atoms with Crippen LogP contribution in [0.4, 0.5) is 11.4 Å². The van der Waals surface area contributed by atoms with E-state index >= 15 is 0 Å². The van der Waals surface area contributed by atoms with Gasteiger partial charge >= 0.3 is 0 Å². The van der Waals surface area contributed by atoms with Crippen molar-refractivity contribution >= 4 is 46.3 Å². The molecule has 1 unspecified atom stereocenters. The van der Waals surface area contributed by atoms with Gasteiger partial charge in [-0.1, -0.05) is 29.8 Å². The lowest BCUT2D eigenvalue weighted by atomic mass is 10.3. The van der Waals surface area contributed by atoms with E-state index in [4.69, 9.17) is 23.2 Å². The van der Waals surface area contributed by atoms with Crippen molar-refractivity contribution in [3.8, 4) is 0 Å². The topological polar surface area (TPSA) is 44.7 Å². The van der Waals surface area contributed by atoms with E-state index in [0.29, 0.717) is 16.5 Å². The first-order chi connectivity index (χ1) is 10.1. The highest BCUT2D eigenvalue weighted by atomic mass is 35.5. The van der Waals surface area contributed by atoms with Crippen molar-refractivity contribution in [1.29, 1.82) is 0 Å². The number of halogens is 2. The van der Waals surface area contributed by atoms with Crippen LogP contribution in [0.15, 0.2) is 59.6 Å². The summed E-state index contributed by atoms with van der Waals surface area (Å²) >= 11 is 12.0. The molecule has 1 atom stereocenters. The maximum absolute atomic E-state index is 12.2. The molecule has 1 fully saturated rings. The lowest BCUT2D eigenvalue weighted by molar-refractivity contribution is -0.116. The largest absolute Gasteiger partial charge is 0.276 e. The molecule has 1 aliphatic rings. The molecule has 0 spiro atoms. The van der Waals surface area contributed by atoms with Gasteiger partial charge in [-0.05, 0) is 36.4 Å². The van der Waals surface area contributed by atoms with Crippen LogP contribution in [0.3, 0.4) is 0 Å². The number of hydrogen-bond donors (Lipinski definition) is 1. The number of rotatable bonds is 2. The number of amides is 1. The van der Waals surface area contributed by atoms with E-state index in [1.807, 2.05) is 30.3 Å². The van der Waals surface area contributed by atoms with Crippen LogP contribution in [0.25, 0.3) is 0 Å². The number of anilines is 1. The summed E-state index contributed by atoms with van der Waals surface area (Å²) in [5.41, 5.74) is 4.33. The van der Waals surface area contributed by atoms with Crippen LogP contribution in [0, 0.1) is 0 Å². The van der Waals surface area contributed by atoms with Crippen molar-refractivity contribution in [3.05, 3.63) is 59.6 Å². The number of nitrogens with one attached hydrogen (secondary N) is 1. The number of para-hydroxylation sites is 1. The number of amidine groups is 1. The second-order valence-electron chi connectivity index (χ2n) is 4.46. The Kier molecular flexibility index (Phi) is 3.82. The molecule has 0 bridgehead atoms. The molecule has 0 saturated carbocycles. The van der Waals surface area contributed by atoms with Gasteiger partial charge in [-0.25, -0.2) is 10.0 Å². The summed E-state index contributed by atoms with van der Waals surface area (Å²) in [6.07, 6.45) is 0. The Morgan fingerprint density at radius 3 is 2.38 bits per heavy atom. The van der Waals surface area contributed by atoms with Gasteiger partial charge < -0.3 is 0 Å². The van der Waals surface area contributed by atoms with Crippen LogP contribution in [0.5, 0.6) is 0 Å². The van der Waals surface area contributed by atoms with Gasteiger partial charge in [0.25, 0.3) is 5.91 Å². The zero-order valence-electron chi connectivity index (χ0n) is 10.8. The monoisotopic (exact) mass is 319 g/mol. The van der Waals surface area contributed by atoms with E-state index in [2.05, 4.69) is 10.4 Å². The van der Waals surface area contributed by atoms with Crippen LogP contribution < -0.4 is 10.4 Å². The fourth-order valence-corrected chi connectivity index (χ4v) is 2.28. The molecular formula is C15H11Cl2N3O. The number of carbonyl (C=O) groups is 1. The van der Waals surface area contributed by atoms with Gasteiger partial charge in [0.15, 0.2) is 5.38 Å². The minimum Gasteiger partial charge on any atom is -0.276 e. The van der Waals surface area contributed by atoms with Gasteiger partial charge in [0.05, 0.1) is 11.4 Å². The van der Waals surface area contributed by atoms with E-state index in [0.717, 1.165) is 5.69 Å². The number of nitrogens with zero attached hydrogens (tertiary/aromatic N) is 2. The van der Waals surface area contributed by atoms with E-state index in [1.165, 1.54) is 5.01 Å². The number of benzene rings is 2. The molecule has 21 heavy (non-hydrogen) atoms. The Hall–Kier alpha value is -2.04. The van der Waals surface area contributed by atoms with Crippen LogP contribution >= 0.6 is 23.2 Å². The van der Waals surface area contributed by atoms with Crippen LogP contribution in [0.2, 0.25) is 5.02 Å². The Labute approximate surface area is 132 Å². The number of aliphatic imine (C=N–C) groups is 1. The van der Waals surface area contributed by atoms with E-state index < -0.39 is 5.38 Å². The van der Waals surface area contributed by atoms with Crippen LogP contribution in [0.1, 0.15) is 0 Å². The first kappa shape index (κ1) is 13.9. The summed E-state index contributed by atoms with van der Waals surface area (Å²) in [4.78, 5) is 16.5. The lowest BCUT2D eigenvalue weighted by Gasteiger charge is -2.15. The lowest BCUT2D eigenvalue weighted by Crippen LogP contribution is -2.35. The second-order valence-corrected chi connectivity index (χ2v) is 5.33. The van der Waals surface area contributed by atoms with Crippen LogP contribution in [-0.4, -0.2) is 17.1 Å². The molecule has 2 aromatic rings. The average Bonchev–Trinajstić information content (AvgIpc) is 2.79. The van der Waals surface area contributed by atoms with Gasteiger partial charge in [-0.15, -0.1) is 11.6 Å². The first-order valence-corrected chi connectivity index (χ1v) is 7.10. The van der Waals surface area contributed by atoms with Gasteiger partial charge in [-0.2, -0.15) is 0 Å². The molecule has 0 aromatic heterocycles. The second kappa shape index (κ2) is 5.76. The standard InChI is InChI=1S/C15H11Cl2N3O/c16-10-6-8-11(9-7-10)18-14-13(17)15(21)20(19-14)12-4-2-1-3-5-12/h1-9,13H,(H,18,19). The maximum Gasteiger partial charge on any atom is 0.271 e. The number of hydrazine groups is 1. The molecule has 1 saturated heterocycles. The van der Waals surface area contributed by atoms with Crippen molar-refractivity contribution in [2.75, 3.05) is 5.01 Å². The maximum atomic E-state index is 12.2. The molecule has 6 heteroatoms. The van der Waals surface area contributed by atoms with Crippen molar-refractivity contribution < 1.29 is 4.79 Å². The molecule has 106 valence electrons. The van der Waals surface area contributed by atoms with Crippen molar-refractivity contribution in [3.63, 3.8) is 0 Å². The highest BCUT2D eigenvalue weighted by molar-refractivity contribution is 6.46. The molecule has 4 nitrogen and oxygen atoms in total. The van der Waals surface area contributed by atoms with Gasteiger partial charge in [-0.3, -0.25) is 10.2 Å². The predicted molar refractivity (Wildman–Crippen MR) is 85.3 cm³/mol. The quantitative estimate of drug-likeness (QED) is 0.861. The summed E-state index contributed by atoms with van der Waals surface area (Å²) in [5, 5.41) is 1.19. The summed E-state index contributed by atoms with van der Waals surface area (Å²) in [5.74, 6) is 0.142. The predicted octanol–water partition coefficient (Wildman–Crippen LogP) is 3.53. The van der Waals surface area contributed by atoms with Gasteiger partial charge in [0.2, 0.25) is 0 Å². The van der Waals surface area contributed by atoms with Crippen molar-refractivity contribution in [1.82, 2.24) is 5.43 Å². The van der Waals surface area contributed by atoms with Gasteiger partial charge in [0, 0.05) is 5.02 Å². The highest BCUT2D eigenvalue weighted by Crippen LogP contribution is 2.22.